The van der Waals surface area contributed by atoms with E-state index in [9.17, 15) is 4.79 Å². The molecule has 0 spiro atoms. The van der Waals surface area contributed by atoms with Gasteiger partial charge >= 0.3 is 0 Å². The second kappa shape index (κ2) is 12.2. The molecule has 0 saturated carbocycles. The first-order valence-corrected chi connectivity index (χ1v) is 8.99. The Morgan fingerprint density at radius 1 is 1.26 bits per heavy atom. The summed E-state index contributed by atoms with van der Waals surface area (Å²) in [5.74, 6) is 1.19. The van der Waals surface area contributed by atoms with Gasteiger partial charge in [0.15, 0.2) is 11.7 Å². The Morgan fingerprint density at radius 3 is 2.74 bits per heavy atom. The van der Waals surface area contributed by atoms with Gasteiger partial charge in [0.1, 0.15) is 0 Å². The van der Waals surface area contributed by atoms with Gasteiger partial charge in [0.05, 0.1) is 11.2 Å². The van der Waals surface area contributed by atoms with Crippen LogP contribution in [-0.4, -0.2) is 55.1 Å². The smallest absolute Gasteiger partial charge is 0.220 e. The summed E-state index contributed by atoms with van der Waals surface area (Å²) in [5.41, 5.74) is 0.809. The van der Waals surface area contributed by atoms with Gasteiger partial charge in [-0.2, -0.15) is 0 Å². The van der Waals surface area contributed by atoms with Crippen molar-refractivity contribution in [2.75, 3.05) is 39.3 Å². The standard InChI is InChI=1S/C18H23ClN4O2.2ClH/c19-15-4-2-1-3-14(15)16-13-22-18(25-16)6-5-17(24)21-9-12-23-10-7-20-8-11-23;;/h1-4,13,20H,5-12H2,(H,21,24);2*1H. The number of carbonyl (C=O) groups excluding carboxylic acids is 1. The van der Waals surface area contributed by atoms with Gasteiger partial charge in [0.2, 0.25) is 5.91 Å². The molecule has 0 aliphatic carbocycles. The molecule has 0 radical (unpaired) electrons. The molecule has 2 heterocycles. The number of aryl methyl sites for hydroxylation is 1. The summed E-state index contributed by atoms with van der Waals surface area (Å²) < 4.78 is 5.71. The minimum absolute atomic E-state index is 0. The number of aromatic nitrogens is 1. The lowest BCUT2D eigenvalue weighted by atomic mass is 10.2. The SMILES string of the molecule is Cl.Cl.O=C(CCc1ncc(-c2ccccc2Cl)o1)NCCN1CCNCC1. The number of rotatable bonds is 7. The second-order valence-electron chi connectivity index (χ2n) is 6.04. The van der Waals surface area contributed by atoms with Crippen molar-refractivity contribution < 1.29 is 9.21 Å². The zero-order valence-electron chi connectivity index (χ0n) is 14.9. The van der Waals surface area contributed by atoms with Crippen molar-refractivity contribution >= 4 is 42.3 Å². The molecule has 0 bridgehead atoms. The molecule has 1 aromatic carbocycles. The lowest BCUT2D eigenvalue weighted by molar-refractivity contribution is -0.121. The predicted molar refractivity (Wildman–Crippen MR) is 112 cm³/mol. The van der Waals surface area contributed by atoms with Crippen LogP contribution < -0.4 is 10.6 Å². The van der Waals surface area contributed by atoms with Crippen LogP contribution in [0.5, 0.6) is 0 Å². The van der Waals surface area contributed by atoms with Crippen LogP contribution in [0.15, 0.2) is 34.9 Å². The Kier molecular flexibility index (Phi) is 10.7. The normalized spacial score (nSPS) is 14.1. The fourth-order valence-corrected chi connectivity index (χ4v) is 3.04. The van der Waals surface area contributed by atoms with E-state index in [0.29, 0.717) is 36.1 Å². The van der Waals surface area contributed by atoms with Gasteiger partial charge < -0.3 is 15.1 Å². The van der Waals surface area contributed by atoms with Crippen LogP contribution in [0.25, 0.3) is 11.3 Å². The zero-order chi connectivity index (χ0) is 17.5. The molecule has 1 aromatic heterocycles. The largest absolute Gasteiger partial charge is 0.441 e. The summed E-state index contributed by atoms with van der Waals surface area (Å²) in [7, 11) is 0. The van der Waals surface area contributed by atoms with E-state index in [4.69, 9.17) is 16.0 Å². The van der Waals surface area contributed by atoms with Crippen LogP contribution >= 0.6 is 36.4 Å². The van der Waals surface area contributed by atoms with Crippen LogP contribution in [-0.2, 0) is 11.2 Å². The third kappa shape index (κ3) is 7.31. The van der Waals surface area contributed by atoms with Crippen molar-refractivity contribution in [2.45, 2.75) is 12.8 Å². The summed E-state index contributed by atoms with van der Waals surface area (Å²) in [6.45, 7) is 5.68. The molecule has 27 heavy (non-hydrogen) atoms. The molecule has 0 atom stereocenters. The van der Waals surface area contributed by atoms with Crippen LogP contribution in [0.4, 0.5) is 0 Å². The van der Waals surface area contributed by atoms with Gasteiger partial charge in [-0.15, -0.1) is 24.8 Å². The van der Waals surface area contributed by atoms with Gasteiger partial charge in [-0.05, 0) is 12.1 Å². The highest BCUT2D eigenvalue weighted by molar-refractivity contribution is 6.33. The molecular formula is C18H25Cl3N4O2. The average molecular weight is 436 g/mol. The lowest BCUT2D eigenvalue weighted by Gasteiger charge is -2.27. The maximum Gasteiger partial charge on any atom is 0.220 e. The first-order valence-electron chi connectivity index (χ1n) is 8.62. The van der Waals surface area contributed by atoms with Crippen molar-refractivity contribution in [1.29, 1.82) is 0 Å². The predicted octanol–water partition coefficient (Wildman–Crippen LogP) is 2.79. The molecule has 1 aliphatic rings. The van der Waals surface area contributed by atoms with E-state index in [1.54, 1.807) is 6.20 Å². The molecule has 1 fully saturated rings. The minimum atomic E-state index is 0. The van der Waals surface area contributed by atoms with E-state index in [0.717, 1.165) is 38.3 Å². The summed E-state index contributed by atoms with van der Waals surface area (Å²) in [6.07, 6.45) is 2.49. The van der Waals surface area contributed by atoms with E-state index in [-0.39, 0.29) is 30.7 Å². The first-order chi connectivity index (χ1) is 12.2. The fraction of sp³-hybridized carbons (Fsp3) is 0.444. The van der Waals surface area contributed by atoms with Gasteiger partial charge in [0, 0.05) is 57.7 Å². The third-order valence-corrected chi connectivity index (χ3v) is 4.55. The maximum absolute atomic E-state index is 12.0. The second-order valence-corrected chi connectivity index (χ2v) is 6.45. The maximum atomic E-state index is 12.0. The molecule has 1 amide bonds. The van der Waals surface area contributed by atoms with Crippen LogP contribution in [0.2, 0.25) is 5.02 Å². The van der Waals surface area contributed by atoms with E-state index in [1.165, 1.54) is 0 Å². The van der Waals surface area contributed by atoms with Crippen LogP contribution in [0, 0.1) is 0 Å². The van der Waals surface area contributed by atoms with Gasteiger partial charge in [-0.25, -0.2) is 4.98 Å². The molecule has 6 nitrogen and oxygen atoms in total. The summed E-state index contributed by atoms with van der Waals surface area (Å²) in [4.78, 5) is 18.5. The number of piperazine rings is 1. The molecule has 150 valence electrons. The molecule has 1 saturated heterocycles. The monoisotopic (exact) mass is 434 g/mol. The van der Waals surface area contributed by atoms with E-state index in [1.807, 2.05) is 24.3 Å². The quantitative estimate of drug-likeness (QED) is 0.700. The Bertz CT molecular complexity index is 705. The summed E-state index contributed by atoms with van der Waals surface area (Å²) in [6, 6.07) is 7.46. The van der Waals surface area contributed by atoms with Crippen molar-refractivity contribution in [1.82, 2.24) is 20.5 Å². The van der Waals surface area contributed by atoms with Gasteiger partial charge in [-0.3, -0.25) is 9.69 Å². The zero-order valence-corrected chi connectivity index (χ0v) is 17.3. The number of benzene rings is 1. The number of amides is 1. The highest BCUT2D eigenvalue weighted by Crippen LogP contribution is 2.28. The lowest BCUT2D eigenvalue weighted by Crippen LogP contribution is -2.46. The Labute approximate surface area is 176 Å². The summed E-state index contributed by atoms with van der Waals surface area (Å²) in [5, 5.41) is 6.89. The Balaban J connectivity index is 0.00000182. The number of hydrogen-bond donors (Lipinski definition) is 2. The number of nitrogens with one attached hydrogen (secondary N) is 2. The number of hydrogen-bond acceptors (Lipinski definition) is 5. The molecule has 1 aliphatic heterocycles. The van der Waals surface area contributed by atoms with Crippen LogP contribution in [0.3, 0.4) is 0 Å². The topological polar surface area (TPSA) is 70.4 Å². The number of carbonyl (C=O) groups is 1. The van der Waals surface area contributed by atoms with Gasteiger partial charge in [-0.1, -0.05) is 23.7 Å². The number of halogens is 3. The van der Waals surface area contributed by atoms with Crippen molar-refractivity contribution in [3.8, 4) is 11.3 Å². The Hall–Kier alpha value is -1.31. The summed E-state index contributed by atoms with van der Waals surface area (Å²) >= 11 is 6.16. The highest BCUT2D eigenvalue weighted by atomic mass is 35.5. The highest BCUT2D eigenvalue weighted by Gasteiger charge is 2.12. The molecule has 2 N–H and O–H groups in total. The van der Waals surface area contributed by atoms with Crippen molar-refractivity contribution in [3.63, 3.8) is 0 Å². The third-order valence-electron chi connectivity index (χ3n) is 4.22. The molecule has 2 aromatic rings. The van der Waals surface area contributed by atoms with E-state index < -0.39 is 0 Å². The molecule has 9 heteroatoms. The first kappa shape index (κ1) is 23.7. The van der Waals surface area contributed by atoms with Gasteiger partial charge in [0.25, 0.3) is 0 Å². The average Bonchev–Trinajstić information content (AvgIpc) is 3.10. The number of nitrogens with zero attached hydrogens (tertiary/aromatic N) is 2. The minimum Gasteiger partial charge on any atom is -0.441 e. The Morgan fingerprint density at radius 2 is 2.00 bits per heavy atom. The fourth-order valence-electron chi connectivity index (χ4n) is 2.81. The van der Waals surface area contributed by atoms with E-state index >= 15 is 0 Å². The van der Waals surface area contributed by atoms with Crippen molar-refractivity contribution in [2.24, 2.45) is 0 Å². The molecule has 0 unspecified atom stereocenters. The van der Waals surface area contributed by atoms with Crippen LogP contribution in [0.1, 0.15) is 12.3 Å². The molecular weight excluding hydrogens is 411 g/mol. The van der Waals surface area contributed by atoms with Crippen molar-refractivity contribution in [3.05, 3.63) is 41.4 Å². The molecule has 3 rings (SSSR count). The number of oxazole rings is 1. The van der Waals surface area contributed by atoms with E-state index in [2.05, 4.69) is 20.5 Å².